The van der Waals surface area contributed by atoms with Crippen LogP contribution in [0.1, 0.15) is 30.3 Å². The number of benzene rings is 2. The van der Waals surface area contributed by atoms with Crippen molar-refractivity contribution in [2.24, 2.45) is 0 Å². The minimum absolute atomic E-state index is 0.522. The monoisotopic (exact) mass is 319 g/mol. The van der Waals surface area contributed by atoms with E-state index in [1.54, 1.807) is 0 Å². The number of rotatable bonds is 6. The third kappa shape index (κ3) is 3.36. The van der Waals surface area contributed by atoms with Crippen molar-refractivity contribution in [2.45, 2.75) is 32.0 Å². The van der Waals surface area contributed by atoms with Crippen LogP contribution in [0.2, 0.25) is 0 Å². The maximum absolute atomic E-state index is 4.17. The number of aromatic nitrogens is 4. The van der Waals surface area contributed by atoms with Gasteiger partial charge in [0, 0.05) is 6.54 Å². The molecule has 0 aliphatic heterocycles. The highest BCUT2D eigenvalue weighted by Crippen LogP contribution is 2.34. The van der Waals surface area contributed by atoms with Crippen LogP contribution in [-0.4, -0.2) is 32.2 Å². The number of hydrogen-bond donors (Lipinski definition) is 0. The van der Waals surface area contributed by atoms with Gasteiger partial charge in [0.2, 0.25) is 0 Å². The first kappa shape index (κ1) is 15.0. The second-order valence-electron chi connectivity index (χ2n) is 6.51. The summed E-state index contributed by atoms with van der Waals surface area (Å²) in [6.07, 6.45) is 2.39. The summed E-state index contributed by atoms with van der Waals surface area (Å²) in [5.41, 5.74) is 3.79. The van der Waals surface area contributed by atoms with Crippen molar-refractivity contribution >= 4 is 0 Å². The molecule has 0 spiro atoms. The van der Waals surface area contributed by atoms with Crippen LogP contribution in [0.25, 0.3) is 11.1 Å². The SMILES string of the molecule is CN(Cc1ccc(-c2ccccc2)cc1)Cc1nnnn1C1CC1. The molecule has 24 heavy (non-hydrogen) atoms. The molecule has 1 aliphatic carbocycles. The van der Waals surface area contributed by atoms with Crippen molar-refractivity contribution in [1.29, 1.82) is 0 Å². The smallest absolute Gasteiger partial charge is 0.165 e. The molecule has 122 valence electrons. The largest absolute Gasteiger partial charge is 0.295 e. The lowest BCUT2D eigenvalue weighted by atomic mass is 10.0. The molecule has 0 saturated heterocycles. The fourth-order valence-electron chi connectivity index (χ4n) is 2.96. The Labute approximate surface area is 141 Å². The predicted octanol–water partition coefficient (Wildman–Crippen LogP) is 3.31. The summed E-state index contributed by atoms with van der Waals surface area (Å²) >= 11 is 0. The zero-order chi connectivity index (χ0) is 16.4. The Morgan fingerprint density at radius 2 is 1.67 bits per heavy atom. The highest BCUT2D eigenvalue weighted by Gasteiger charge is 2.27. The summed E-state index contributed by atoms with van der Waals surface area (Å²) in [5, 5.41) is 12.1. The first-order valence-electron chi connectivity index (χ1n) is 8.39. The summed E-state index contributed by atoms with van der Waals surface area (Å²) in [7, 11) is 2.11. The minimum atomic E-state index is 0.522. The summed E-state index contributed by atoms with van der Waals surface area (Å²) in [6, 6.07) is 19.8. The third-order valence-corrected chi connectivity index (χ3v) is 4.38. The fourth-order valence-corrected chi connectivity index (χ4v) is 2.96. The van der Waals surface area contributed by atoms with E-state index in [2.05, 4.69) is 76.0 Å². The van der Waals surface area contributed by atoms with Gasteiger partial charge in [-0.15, -0.1) is 5.10 Å². The lowest BCUT2D eigenvalue weighted by Crippen LogP contribution is -2.20. The molecule has 0 unspecified atom stereocenters. The Morgan fingerprint density at radius 3 is 2.38 bits per heavy atom. The van der Waals surface area contributed by atoms with Gasteiger partial charge in [0.25, 0.3) is 0 Å². The van der Waals surface area contributed by atoms with Crippen molar-refractivity contribution in [3.05, 3.63) is 66.0 Å². The quantitative estimate of drug-likeness (QED) is 0.699. The molecule has 1 fully saturated rings. The Balaban J connectivity index is 1.40. The summed E-state index contributed by atoms with van der Waals surface area (Å²) in [4.78, 5) is 2.25. The van der Waals surface area contributed by atoms with Gasteiger partial charge < -0.3 is 0 Å². The van der Waals surface area contributed by atoms with Gasteiger partial charge in [0.15, 0.2) is 5.82 Å². The zero-order valence-electron chi connectivity index (χ0n) is 13.8. The topological polar surface area (TPSA) is 46.8 Å². The fraction of sp³-hybridized carbons (Fsp3) is 0.316. The maximum Gasteiger partial charge on any atom is 0.165 e. The molecule has 0 amide bonds. The molecule has 4 rings (SSSR count). The van der Waals surface area contributed by atoms with Gasteiger partial charge in [-0.25, -0.2) is 4.68 Å². The van der Waals surface area contributed by atoms with Crippen LogP contribution >= 0.6 is 0 Å². The van der Waals surface area contributed by atoms with Crippen molar-refractivity contribution < 1.29 is 0 Å². The van der Waals surface area contributed by atoms with Crippen molar-refractivity contribution in [1.82, 2.24) is 25.1 Å². The highest BCUT2D eigenvalue weighted by atomic mass is 15.6. The van der Waals surface area contributed by atoms with E-state index >= 15 is 0 Å². The maximum atomic E-state index is 4.17. The van der Waals surface area contributed by atoms with Crippen LogP contribution in [0.4, 0.5) is 0 Å². The molecule has 2 aromatic carbocycles. The first-order chi connectivity index (χ1) is 11.8. The minimum Gasteiger partial charge on any atom is -0.295 e. The van der Waals surface area contributed by atoms with Gasteiger partial charge in [-0.05, 0) is 47.0 Å². The number of hydrogen-bond acceptors (Lipinski definition) is 4. The van der Waals surface area contributed by atoms with Crippen LogP contribution < -0.4 is 0 Å². The van der Waals surface area contributed by atoms with Gasteiger partial charge in [-0.3, -0.25) is 4.90 Å². The number of tetrazole rings is 1. The second kappa shape index (κ2) is 6.53. The average molecular weight is 319 g/mol. The van der Waals surface area contributed by atoms with Crippen molar-refractivity contribution in [2.75, 3.05) is 7.05 Å². The van der Waals surface area contributed by atoms with E-state index in [9.17, 15) is 0 Å². The van der Waals surface area contributed by atoms with Gasteiger partial charge in [0.1, 0.15) is 0 Å². The van der Waals surface area contributed by atoms with E-state index in [1.165, 1.54) is 29.5 Å². The van der Waals surface area contributed by atoms with Crippen molar-refractivity contribution in [3.63, 3.8) is 0 Å². The normalized spacial score (nSPS) is 14.2. The molecule has 1 aromatic heterocycles. The molecular weight excluding hydrogens is 298 g/mol. The second-order valence-corrected chi connectivity index (χ2v) is 6.51. The molecule has 1 aliphatic rings. The summed E-state index contributed by atoms with van der Waals surface area (Å²) in [6.45, 7) is 1.65. The van der Waals surface area contributed by atoms with Crippen LogP contribution in [0, 0.1) is 0 Å². The van der Waals surface area contributed by atoms with E-state index in [0.29, 0.717) is 6.04 Å². The van der Waals surface area contributed by atoms with E-state index < -0.39 is 0 Å². The van der Waals surface area contributed by atoms with Crippen LogP contribution in [0.5, 0.6) is 0 Å². The van der Waals surface area contributed by atoms with Crippen LogP contribution in [0.3, 0.4) is 0 Å². The Kier molecular flexibility index (Phi) is 4.09. The van der Waals surface area contributed by atoms with Gasteiger partial charge in [-0.1, -0.05) is 54.6 Å². The molecule has 0 atom stereocenters. The molecule has 5 heteroatoms. The van der Waals surface area contributed by atoms with Gasteiger partial charge in [0.05, 0.1) is 12.6 Å². The van der Waals surface area contributed by atoms with E-state index in [0.717, 1.165) is 18.9 Å². The molecule has 1 heterocycles. The zero-order valence-corrected chi connectivity index (χ0v) is 13.8. The van der Waals surface area contributed by atoms with Gasteiger partial charge in [-0.2, -0.15) is 0 Å². The highest BCUT2D eigenvalue weighted by molar-refractivity contribution is 5.63. The lowest BCUT2D eigenvalue weighted by molar-refractivity contribution is 0.302. The van der Waals surface area contributed by atoms with E-state index in [1.807, 2.05) is 10.7 Å². The average Bonchev–Trinajstić information content (AvgIpc) is 3.36. The van der Waals surface area contributed by atoms with E-state index in [4.69, 9.17) is 0 Å². The standard InChI is InChI=1S/C19H21N5/c1-23(14-19-20-21-22-24(19)18-11-12-18)13-15-7-9-17(10-8-15)16-5-3-2-4-6-16/h2-10,18H,11-14H2,1H3. The predicted molar refractivity (Wildman–Crippen MR) is 93.1 cm³/mol. The summed E-state index contributed by atoms with van der Waals surface area (Å²) < 4.78 is 1.98. The molecule has 5 nitrogen and oxygen atoms in total. The lowest BCUT2D eigenvalue weighted by Gasteiger charge is -2.16. The van der Waals surface area contributed by atoms with Crippen LogP contribution in [-0.2, 0) is 13.1 Å². The Morgan fingerprint density at radius 1 is 0.958 bits per heavy atom. The third-order valence-electron chi connectivity index (χ3n) is 4.38. The van der Waals surface area contributed by atoms with E-state index in [-0.39, 0.29) is 0 Å². The van der Waals surface area contributed by atoms with Crippen molar-refractivity contribution in [3.8, 4) is 11.1 Å². The first-order valence-corrected chi connectivity index (χ1v) is 8.39. The molecule has 0 radical (unpaired) electrons. The van der Waals surface area contributed by atoms with Gasteiger partial charge >= 0.3 is 0 Å². The molecule has 1 saturated carbocycles. The van der Waals surface area contributed by atoms with Crippen LogP contribution in [0.15, 0.2) is 54.6 Å². The molecule has 3 aromatic rings. The Hall–Kier alpha value is -2.53. The molecule has 0 N–H and O–H groups in total. The molecule has 0 bridgehead atoms. The molecular formula is C19H21N5. The summed E-state index contributed by atoms with van der Waals surface area (Å²) in [5.74, 6) is 0.959. The Bertz CT molecular complexity index is 790. The number of nitrogens with zero attached hydrogens (tertiary/aromatic N) is 5.